The van der Waals surface area contributed by atoms with Gasteiger partial charge in [-0.05, 0) is 81.1 Å². The van der Waals surface area contributed by atoms with Gasteiger partial charge in [0.15, 0.2) is 0 Å². The predicted molar refractivity (Wildman–Crippen MR) is 123 cm³/mol. The maximum atomic E-state index is 6.30. The lowest BCUT2D eigenvalue weighted by atomic mass is 9.92. The summed E-state index contributed by atoms with van der Waals surface area (Å²) >= 11 is 12.5. The third-order valence-corrected chi connectivity index (χ3v) is 7.34. The highest BCUT2D eigenvalue weighted by molar-refractivity contribution is 6.30. The fourth-order valence-electron chi connectivity index (χ4n) is 5.04. The zero-order valence-electron chi connectivity index (χ0n) is 17.4. The molecule has 0 bridgehead atoms. The first kappa shape index (κ1) is 21.2. The fourth-order valence-corrected chi connectivity index (χ4v) is 5.46. The topological polar surface area (TPSA) is 18.5 Å². The molecule has 3 nitrogen and oxygen atoms in total. The van der Waals surface area contributed by atoms with Crippen LogP contribution in [-0.2, 0) is 0 Å². The standard InChI is InChI=1S/C24H33Cl2N3/c1-18-16-22(26)6-7-23(18)29-15-14-28(13-10-19-8-11-27-12-9-19)17-24(29)20-2-4-21(25)5-3-20/h2-7,18-19,24,27H,8-17H2,1H3/t18?,24-/m0/s1. The van der Waals surface area contributed by atoms with E-state index in [1.165, 1.54) is 50.2 Å². The molecule has 3 aliphatic rings. The lowest BCUT2D eigenvalue weighted by molar-refractivity contribution is 0.0863. The van der Waals surface area contributed by atoms with Crippen molar-refractivity contribution >= 4 is 23.2 Å². The summed E-state index contributed by atoms with van der Waals surface area (Å²) in [5, 5.41) is 5.25. The quantitative estimate of drug-likeness (QED) is 0.666. The van der Waals surface area contributed by atoms with Crippen molar-refractivity contribution in [2.24, 2.45) is 11.8 Å². The first-order valence-corrected chi connectivity index (χ1v) is 11.9. The van der Waals surface area contributed by atoms with Gasteiger partial charge in [0, 0.05) is 41.3 Å². The average molecular weight is 434 g/mol. The van der Waals surface area contributed by atoms with Gasteiger partial charge in [-0.3, -0.25) is 4.90 Å². The minimum Gasteiger partial charge on any atom is -0.365 e. The zero-order valence-corrected chi connectivity index (χ0v) is 18.9. The van der Waals surface area contributed by atoms with Crippen molar-refractivity contribution < 1.29 is 0 Å². The molecule has 0 aromatic heterocycles. The summed E-state index contributed by atoms with van der Waals surface area (Å²) in [5.74, 6) is 1.35. The first-order chi connectivity index (χ1) is 14.1. The smallest absolute Gasteiger partial charge is 0.0667 e. The number of piperidine rings is 1. The molecule has 2 atom stereocenters. The summed E-state index contributed by atoms with van der Waals surface area (Å²) in [7, 11) is 0. The van der Waals surface area contributed by atoms with Crippen LogP contribution in [0.1, 0.15) is 44.2 Å². The molecule has 5 heteroatoms. The molecule has 158 valence electrons. The summed E-state index contributed by atoms with van der Waals surface area (Å²) < 4.78 is 0. The van der Waals surface area contributed by atoms with Crippen LogP contribution in [0.25, 0.3) is 0 Å². The molecule has 2 fully saturated rings. The van der Waals surface area contributed by atoms with Crippen LogP contribution in [0.3, 0.4) is 0 Å². The SMILES string of the molecule is CC1CC(Cl)=CC=C1N1CCN(CCC2CCNCC2)C[C@H]1c1ccc(Cl)cc1. The van der Waals surface area contributed by atoms with Crippen LogP contribution in [0.5, 0.6) is 0 Å². The molecule has 1 aromatic rings. The number of nitrogens with one attached hydrogen (secondary N) is 1. The summed E-state index contributed by atoms with van der Waals surface area (Å²) in [4.78, 5) is 5.30. The van der Waals surface area contributed by atoms with Crippen molar-refractivity contribution in [2.45, 2.75) is 38.6 Å². The number of piperazine rings is 1. The van der Waals surface area contributed by atoms with Gasteiger partial charge in [-0.15, -0.1) is 0 Å². The number of halogens is 2. The lowest BCUT2D eigenvalue weighted by Crippen LogP contribution is -2.49. The minimum atomic E-state index is 0.369. The summed E-state index contributed by atoms with van der Waals surface area (Å²) in [6.07, 6.45) is 9.25. The molecule has 0 radical (unpaired) electrons. The molecule has 0 amide bonds. The molecule has 4 rings (SSSR count). The van der Waals surface area contributed by atoms with Crippen molar-refractivity contribution in [3.05, 3.63) is 57.7 Å². The second-order valence-electron chi connectivity index (χ2n) is 8.85. The number of rotatable bonds is 5. The Morgan fingerprint density at radius 1 is 1.03 bits per heavy atom. The molecule has 2 heterocycles. The van der Waals surface area contributed by atoms with E-state index in [0.717, 1.165) is 42.0 Å². The molecule has 2 saturated heterocycles. The Hall–Kier alpha value is -1.00. The van der Waals surface area contributed by atoms with Crippen molar-refractivity contribution in [3.8, 4) is 0 Å². The van der Waals surface area contributed by atoms with Gasteiger partial charge in [-0.1, -0.05) is 42.3 Å². The number of hydrogen-bond acceptors (Lipinski definition) is 3. The Balaban J connectivity index is 1.49. The molecule has 0 spiro atoms. The fraction of sp³-hybridized carbons (Fsp3) is 0.583. The second kappa shape index (κ2) is 9.87. The Morgan fingerprint density at radius 2 is 1.79 bits per heavy atom. The zero-order chi connectivity index (χ0) is 20.2. The highest BCUT2D eigenvalue weighted by Gasteiger charge is 2.32. The van der Waals surface area contributed by atoms with Crippen LogP contribution in [0.15, 0.2) is 47.1 Å². The van der Waals surface area contributed by atoms with E-state index in [4.69, 9.17) is 23.2 Å². The van der Waals surface area contributed by atoms with Gasteiger partial charge in [-0.2, -0.15) is 0 Å². The van der Waals surface area contributed by atoms with Crippen molar-refractivity contribution in [2.75, 3.05) is 39.3 Å². The van der Waals surface area contributed by atoms with Crippen molar-refractivity contribution in [3.63, 3.8) is 0 Å². The van der Waals surface area contributed by atoms with Crippen LogP contribution >= 0.6 is 23.2 Å². The van der Waals surface area contributed by atoms with Gasteiger partial charge >= 0.3 is 0 Å². The second-order valence-corrected chi connectivity index (χ2v) is 9.78. The summed E-state index contributed by atoms with van der Waals surface area (Å²) in [6, 6.07) is 8.82. The monoisotopic (exact) mass is 433 g/mol. The van der Waals surface area contributed by atoms with Gasteiger partial charge in [0.05, 0.1) is 6.04 Å². The van der Waals surface area contributed by atoms with Gasteiger partial charge in [-0.25, -0.2) is 0 Å². The molecule has 1 aliphatic carbocycles. The number of nitrogens with zero attached hydrogens (tertiary/aromatic N) is 2. The molecular weight excluding hydrogens is 401 g/mol. The molecule has 1 aromatic carbocycles. The van der Waals surface area contributed by atoms with E-state index in [0.29, 0.717) is 12.0 Å². The van der Waals surface area contributed by atoms with E-state index < -0.39 is 0 Å². The van der Waals surface area contributed by atoms with E-state index in [-0.39, 0.29) is 0 Å². The molecule has 29 heavy (non-hydrogen) atoms. The Morgan fingerprint density at radius 3 is 2.52 bits per heavy atom. The third kappa shape index (κ3) is 5.38. The predicted octanol–water partition coefficient (Wildman–Crippen LogP) is 5.43. The van der Waals surface area contributed by atoms with Crippen molar-refractivity contribution in [1.29, 1.82) is 0 Å². The molecule has 1 unspecified atom stereocenters. The minimum absolute atomic E-state index is 0.369. The highest BCUT2D eigenvalue weighted by atomic mass is 35.5. The van der Waals surface area contributed by atoms with Gasteiger partial charge in [0.25, 0.3) is 0 Å². The Labute approximate surface area is 185 Å². The summed E-state index contributed by atoms with van der Waals surface area (Å²) in [6.45, 7) is 9.17. The number of hydrogen-bond donors (Lipinski definition) is 1. The number of benzene rings is 1. The Kier molecular flexibility index (Phi) is 7.23. The van der Waals surface area contributed by atoms with Gasteiger partial charge in [0.1, 0.15) is 0 Å². The van der Waals surface area contributed by atoms with E-state index in [2.05, 4.69) is 46.3 Å². The highest BCUT2D eigenvalue weighted by Crippen LogP contribution is 2.37. The van der Waals surface area contributed by atoms with Crippen LogP contribution < -0.4 is 5.32 Å². The normalized spacial score (nSPS) is 26.9. The van der Waals surface area contributed by atoms with Gasteiger partial charge < -0.3 is 10.2 Å². The third-order valence-electron chi connectivity index (χ3n) is 6.80. The maximum Gasteiger partial charge on any atom is 0.0667 e. The van der Waals surface area contributed by atoms with E-state index >= 15 is 0 Å². The van der Waals surface area contributed by atoms with Crippen LogP contribution in [0, 0.1) is 11.8 Å². The first-order valence-electron chi connectivity index (χ1n) is 11.1. The lowest BCUT2D eigenvalue weighted by Gasteiger charge is -2.46. The maximum absolute atomic E-state index is 6.30. The van der Waals surface area contributed by atoms with Crippen LogP contribution in [0.2, 0.25) is 5.02 Å². The van der Waals surface area contributed by atoms with E-state index in [1.54, 1.807) is 0 Å². The van der Waals surface area contributed by atoms with Gasteiger partial charge in [0.2, 0.25) is 0 Å². The largest absolute Gasteiger partial charge is 0.365 e. The van der Waals surface area contributed by atoms with Crippen LogP contribution in [-0.4, -0.2) is 49.1 Å². The molecule has 0 saturated carbocycles. The number of allylic oxidation sites excluding steroid dienone is 4. The van der Waals surface area contributed by atoms with Crippen LogP contribution in [0.4, 0.5) is 0 Å². The average Bonchev–Trinajstić information content (AvgIpc) is 2.74. The summed E-state index contributed by atoms with van der Waals surface area (Å²) in [5.41, 5.74) is 2.78. The molecule has 2 aliphatic heterocycles. The van der Waals surface area contributed by atoms with E-state index in [1.807, 2.05) is 12.1 Å². The van der Waals surface area contributed by atoms with Crippen molar-refractivity contribution in [1.82, 2.24) is 15.1 Å². The molecular formula is C24H33Cl2N3. The molecule has 1 N–H and O–H groups in total. The Bertz CT molecular complexity index is 737. The van der Waals surface area contributed by atoms with E-state index in [9.17, 15) is 0 Å².